The Hall–Kier alpha value is -1.99. The predicted octanol–water partition coefficient (Wildman–Crippen LogP) is 3.23. The number of nitrogens with one attached hydrogen (secondary N) is 1. The van der Waals surface area contributed by atoms with Gasteiger partial charge in [-0.2, -0.15) is 0 Å². The van der Waals surface area contributed by atoms with Crippen molar-refractivity contribution in [3.8, 4) is 11.4 Å². The Morgan fingerprint density at radius 2 is 2.07 bits per heavy atom. The maximum absolute atomic E-state index is 12.8. The topological polar surface area (TPSA) is 68.9 Å². The predicted molar refractivity (Wildman–Crippen MR) is 108 cm³/mol. The van der Waals surface area contributed by atoms with Crippen molar-refractivity contribution < 1.29 is 4.79 Å². The van der Waals surface area contributed by atoms with Crippen LogP contribution in [0.15, 0.2) is 40.5 Å². The largest absolute Gasteiger partial charge is 0.354 e. The first-order valence-corrected chi connectivity index (χ1v) is 10.5. The van der Waals surface area contributed by atoms with Gasteiger partial charge in [0.25, 0.3) is 0 Å². The number of nitrogens with zero attached hydrogens (tertiary/aromatic N) is 3. The van der Waals surface area contributed by atoms with Crippen molar-refractivity contribution in [1.29, 1.82) is 0 Å². The Morgan fingerprint density at radius 3 is 2.74 bits per heavy atom. The summed E-state index contributed by atoms with van der Waals surface area (Å²) in [6.07, 6.45) is 6.05. The van der Waals surface area contributed by atoms with E-state index in [0.29, 0.717) is 22.6 Å². The van der Waals surface area contributed by atoms with Crippen LogP contribution in [0.5, 0.6) is 0 Å². The highest BCUT2D eigenvalue weighted by Gasteiger charge is 2.30. The highest BCUT2D eigenvalue weighted by molar-refractivity contribution is 8.03. The van der Waals surface area contributed by atoms with E-state index in [4.69, 9.17) is 11.6 Å². The molecule has 1 N–H and O–H groups in total. The minimum atomic E-state index is -0.229. The Morgan fingerprint density at radius 1 is 1.30 bits per heavy atom. The van der Waals surface area contributed by atoms with Gasteiger partial charge in [0.05, 0.1) is 0 Å². The van der Waals surface area contributed by atoms with E-state index in [1.807, 2.05) is 12.1 Å². The highest BCUT2D eigenvalue weighted by Crippen LogP contribution is 2.36. The van der Waals surface area contributed by atoms with Crippen molar-refractivity contribution in [1.82, 2.24) is 19.7 Å². The summed E-state index contributed by atoms with van der Waals surface area (Å²) in [5, 5.41) is 10.6. The Labute approximate surface area is 166 Å². The summed E-state index contributed by atoms with van der Waals surface area (Å²) in [5.41, 5.74) is 0.599. The first-order chi connectivity index (χ1) is 13.1. The van der Waals surface area contributed by atoms with Gasteiger partial charge in [-0.05, 0) is 55.4 Å². The number of halogens is 1. The van der Waals surface area contributed by atoms with Gasteiger partial charge < -0.3 is 5.32 Å². The average molecular weight is 405 g/mol. The fourth-order valence-electron chi connectivity index (χ4n) is 3.16. The molecule has 1 unspecified atom stereocenters. The molecule has 1 aromatic carbocycles. The summed E-state index contributed by atoms with van der Waals surface area (Å²) in [7, 11) is 0. The molecule has 1 aliphatic carbocycles. The Balaban J connectivity index is 1.46. The molecule has 1 amide bonds. The fraction of sp³-hybridized carbons (Fsp3) is 0.421. The van der Waals surface area contributed by atoms with Gasteiger partial charge in [-0.25, -0.2) is 9.48 Å². The van der Waals surface area contributed by atoms with Crippen LogP contribution in [0.1, 0.15) is 31.7 Å². The molecule has 1 saturated carbocycles. The number of benzene rings is 1. The molecule has 27 heavy (non-hydrogen) atoms. The van der Waals surface area contributed by atoms with Crippen LogP contribution in [0, 0.1) is 0 Å². The minimum absolute atomic E-state index is 0.0603. The second-order valence-electron chi connectivity index (χ2n) is 6.88. The van der Waals surface area contributed by atoms with Crippen LogP contribution < -0.4 is 11.0 Å². The SMILES string of the molecule is O=C(Cn1nc(-c2ccc(Cl)cc2)n(C2CC2)c1=O)NCCC1CC=CS1. The first kappa shape index (κ1) is 18.4. The zero-order valence-corrected chi connectivity index (χ0v) is 16.4. The summed E-state index contributed by atoms with van der Waals surface area (Å²) < 4.78 is 2.97. The van der Waals surface area contributed by atoms with E-state index < -0.39 is 0 Å². The van der Waals surface area contributed by atoms with Crippen molar-refractivity contribution in [2.75, 3.05) is 6.54 Å². The number of thioether (sulfide) groups is 1. The smallest absolute Gasteiger partial charge is 0.346 e. The van der Waals surface area contributed by atoms with Crippen molar-refractivity contribution in [2.24, 2.45) is 0 Å². The number of rotatable bonds is 7. The summed E-state index contributed by atoms with van der Waals surface area (Å²) in [5.74, 6) is 0.413. The number of hydrogen-bond acceptors (Lipinski definition) is 4. The van der Waals surface area contributed by atoms with Crippen LogP contribution in [-0.2, 0) is 11.3 Å². The van der Waals surface area contributed by atoms with Gasteiger partial charge >= 0.3 is 5.69 Å². The van der Waals surface area contributed by atoms with Crippen molar-refractivity contribution in [2.45, 2.75) is 43.5 Å². The number of hydrogen-bond donors (Lipinski definition) is 1. The number of aromatic nitrogens is 3. The summed E-state index contributed by atoms with van der Waals surface area (Å²) in [6.45, 7) is 0.551. The molecule has 1 aliphatic heterocycles. The van der Waals surface area contributed by atoms with Crippen LogP contribution in [-0.4, -0.2) is 32.0 Å². The standard InChI is InChI=1S/C19H21ClN4O2S/c20-14-5-3-13(4-6-14)18-22-23(19(26)24(18)15-7-8-15)12-17(25)21-10-9-16-2-1-11-27-16/h1,3-6,11,15-16H,2,7-10,12H2,(H,21,25). The molecular formula is C19H21ClN4O2S. The number of allylic oxidation sites excluding steroid dienone is 1. The third-order valence-corrected chi connectivity index (χ3v) is 6.15. The van der Waals surface area contributed by atoms with Gasteiger partial charge in [0.15, 0.2) is 5.82 Å². The van der Waals surface area contributed by atoms with Gasteiger partial charge in [0, 0.05) is 28.4 Å². The van der Waals surface area contributed by atoms with Crippen molar-refractivity contribution >= 4 is 29.3 Å². The Bertz CT molecular complexity index is 907. The molecule has 1 atom stereocenters. The van der Waals surface area contributed by atoms with Crippen LogP contribution in [0.2, 0.25) is 5.02 Å². The van der Waals surface area contributed by atoms with E-state index in [2.05, 4.69) is 21.9 Å². The third kappa shape index (κ3) is 4.30. The summed E-state index contributed by atoms with van der Waals surface area (Å²) >= 11 is 7.76. The molecule has 0 saturated heterocycles. The lowest BCUT2D eigenvalue weighted by atomic mass is 10.2. The van der Waals surface area contributed by atoms with E-state index in [1.54, 1.807) is 28.5 Å². The molecule has 6 nitrogen and oxygen atoms in total. The summed E-state index contributed by atoms with van der Waals surface area (Å²) in [4.78, 5) is 25.0. The quantitative estimate of drug-likeness (QED) is 0.769. The monoisotopic (exact) mass is 404 g/mol. The van der Waals surface area contributed by atoms with Crippen LogP contribution in [0.4, 0.5) is 0 Å². The van der Waals surface area contributed by atoms with Gasteiger partial charge in [0.1, 0.15) is 6.54 Å². The molecule has 1 aromatic heterocycles. The third-order valence-electron chi connectivity index (χ3n) is 4.73. The van der Waals surface area contributed by atoms with Crippen molar-refractivity contribution in [3.63, 3.8) is 0 Å². The van der Waals surface area contributed by atoms with E-state index in [9.17, 15) is 9.59 Å². The number of amides is 1. The molecule has 142 valence electrons. The van der Waals surface area contributed by atoms with E-state index >= 15 is 0 Å². The van der Waals surface area contributed by atoms with Gasteiger partial charge in [-0.15, -0.1) is 16.9 Å². The van der Waals surface area contributed by atoms with Gasteiger partial charge in [-0.1, -0.05) is 17.7 Å². The molecule has 8 heteroatoms. The summed E-state index contributed by atoms with van der Waals surface area (Å²) in [6, 6.07) is 7.42. The van der Waals surface area contributed by atoms with Crippen molar-refractivity contribution in [3.05, 3.63) is 51.3 Å². The molecular weight excluding hydrogens is 384 g/mol. The number of carbonyl (C=O) groups excluding carboxylic acids is 1. The molecule has 2 aliphatic rings. The van der Waals surface area contributed by atoms with E-state index in [1.165, 1.54) is 4.68 Å². The maximum atomic E-state index is 12.8. The normalized spacial score (nSPS) is 18.8. The van der Waals surface area contributed by atoms with Gasteiger partial charge in [0.2, 0.25) is 5.91 Å². The fourth-order valence-corrected chi connectivity index (χ4v) is 4.21. The Kier molecular flexibility index (Phi) is 5.41. The second-order valence-corrected chi connectivity index (χ2v) is 8.52. The van der Waals surface area contributed by atoms with Gasteiger partial charge in [-0.3, -0.25) is 9.36 Å². The molecule has 0 spiro atoms. The second kappa shape index (κ2) is 7.94. The molecule has 0 bridgehead atoms. The minimum Gasteiger partial charge on any atom is -0.354 e. The molecule has 2 aromatic rings. The zero-order valence-electron chi connectivity index (χ0n) is 14.8. The lowest BCUT2D eigenvalue weighted by Crippen LogP contribution is -2.34. The van der Waals surface area contributed by atoms with E-state index in [-0.39, 0.29) is 24.2 Å². The number of carbonyl (C=O) groups is 1. The molecule has 4 rings (SSSR count). The molecule has 2 heterocycles. The zero-order chi connectivity index (χ0) is 18.8. The van der Waals surface area contributed by atoms with E-state index in [0.717, 1.165) is 31.2 Å². The average Bonchev–Trinajstić information content (AvgIpc) is 3.25. The highest BCUT2D eigenvalue weighted by atomic mass is 35.5. The lowest BCUT2D eigenvalue weighted by Gasteiger charge is -2.09. The maximum Gasteiger partial charge on any atom is 0.346 e. The first-order valence-electron chi connectivity index (χ1n) is 9.14. The van der Waals surface area contributed by atoms with Crippen LogP contribution in [0.25, 0.3) is 11.4 Å². The molecule has 0 radical (unpaired) electrons. The van der Waals surface area contributed by atoms with Crippen LogP contribution >= 0.6 is 23.4 Å². The van der Waals surface area contributed by atoms with Crippen LogP contribution in [0.3, 0.4) is 0 Å². The molecule has 1 fully saturated rings. The lowest BCUT2D eigenvalue weighted by molar-refractivity contribution is -0.121.